The summed E-state index contributed by atoms with van der Waals surface area (Å²) in [5.41, 5.74) is 9.44. The molecule has 2 atom stereocenters. The summed E-state index contributed by atoms with van der Waals surface area (Å²) < 4.78 is 4.79. The first-order valence-corrected chi connectivity index (χ1v) is 7.97. The average Bonchev–Trinajstić information content (AvgIpc) is 2.41. The minimum atomic E-state index is -0.344. The molecule has 1 saturated carbocycles. The highest BCUT2D eigenvalue weighted by Crippen LogP contribution is 2.40. The van der Waals surface area contributed by atoms with E-state index in [9.17, 15) is 4.79 Å². The normalized spacial score (nSPS) is 23.9. The van der Waals surface area contributed by atoms with E-state index in [1.54, 1.807) is 6.07 Å². The van der Waals surface area contributed by atoms with E-state index in [0.717, 1.165) is 24.1 Å². The second-order valence-corrected chi connectivity index (χ2v) is 7.45. The second-order valence-electron chi connectivity index (χ2n) is 7.45. The number of ether oxygens (including phenoxy) is 1. The Hall–Kier alpha value is -1.71. The van der Waals surface area contributed by atoms with Crippen LogP contribution in [0.5, 0.6) is 0 Å². The van der Waals surface area contributed by atoms with Crippen molar-refractivity contribution in [3.8, 4) is 0 Å². The zero-order valence-corrected chi connectivity index (χ0v) is 14.3. The van der Waals surface area contributed by atoms with Gasteiger partial charge in [0.2, 0.25) is 0 Å². The number of rotatable bonds is 3. The van der Waals surface area contributed by atoms with Gasteiger partial charge in [-0.1, -0.05) is 20.8 Å². The molecular formula is C18H28N2O2. The Bertz CT molecular complexity index is 566. The molecule has 1 aromatic carbocycles. The molecule has 4 nitrogen and oxygen atoms in total. The van der Waals surface area contributed by atoms with Crippen LogP contribution in [0.4, 0.5) is 11.4 Å². The minimum Gasteiger partial charge on any atom is -0.465 e. The molecule has 0 aliphatic heterocycles. The Morgan fingerprint density at radius 2 is 2.05 bits per heavy atom. The number of anilines is 2. The third kappa shape index (κ3) is 3.54. The summed E-state index contributed by atoms with van der Waals surface area (Å²) in [7, 11) is 1.38. The predicted octanol–water partition coefficient (Wildman–Crippen LogP) is 3.99. The Balaban J connectivity index is 2.20. The van der Waals surface area contributed by atoms with E-state index in [1.165, 1.54) is 13.5 Å². The van der Waals surface area contributed by atoms with Crippen molar-refractivity contribution < 1.29 is 9.53 Å². The molecule has 2 unspecified atom stereocenters. The van der Waals surface area contributed by atoms with Gasteiger partial charge in [-0.3, -0.25) is 0 Å². The number of hydrogen-bond donors (Lipinski definition) is 2. The zero-order chi connectivity index (χ0) is 16.5. The second kappa shape index (κ2) is 6.19. The molecule has 0 saturated heterocycles. The van der Waals surface area contributed by atoms with Crippen molar-refractivity contribution in [3.63, 3.8) is 0 Å². The molecule has 122 valence electrons. The van der Waals surface area contributed by atoms with Gasteiger partial charge in [-0.15, -0.1) is 0 Å². The Morgan fingerprint density at radius 1 is 1.36 bits per heavy atom. The lowest BCUT2D eigenvalue weighted by molar-refractivity contribution is 0.0600. The van der Waals surface area contributed by atoms with Crippen molar-refractivity contribution in [1.29, 1.82) is 0 Å². The van der Waals surface area contributed by atoms with Gasteiger partial charge in [0.25, 0.3) is 0 Å². The molecule has 1 aliphatic rings. The van der Waals surface area contributed by atoms with Crippen LogP contribution in [0.3, 0.4) is 0 Å². The Kier molecular flexibility index (Phi) is 4.69. The first kappa shape index (κ1) is 16.7. The van der Waals surface area contributed by atoms with Crippen molar-refractivity contribution in [2.75, 3.05) is 18.2 Å². The Morgan fingerprint density at radius 3 is 2.64 bits per heavy atom. The topological polar surface area (TPSA) is 64.3 Å². The lowest BCUT2D eigenvalue weighted by Gasteiger charge is -2.39. The molecule has 0 bridgehead atoms. The van der Waals surface area contributed by atoms with Crippen LogP contribution < -0.4 is 11.1 Å². The number of nitrogens with two attached hydrogens (primary N) is 1. The third-order valence-electron chi connectivity index (χ3n) is 4.67. The fourth-order valence-corrected chi connectivity index (χ4v) is 3.86. The van der Waals surface area contributed by atoms with Crippen LogP contribution >= 0.6 is 0 Å². The minimum absolute atomic E-state index is 0.344. The van der Waals surface area contributed by atoms with E-state index in [0.29, 0.717) is 28.6 Å². The van der Waals surface area contributed by atoms with Gasteiger partial charge >= 0.3 is 5.97 Å². The van der Waals surface area contributed by atoms with E-state index in [1.807, 2.05) is 13.0 Å². The van der Waals surface area contributed by atoms with Crippen LogP contribution in [0.2, 0.25) is 0 Å². The molecule has 0 aromatic heterocycles. The smallest absolute Gasteiger partial charge is 0.338 e. The van der Waals surface area contributed by atoms with E-state index in [4.69, 9.17) is 10.5 Å². The van der Waals surface area contributed by atoms with Gasteiger partial charge in [-0.25, -0.2) is 4.79 Å². The van der Waals surface area contributed by atoms with Crippen LogP contribution in [-0.4, -0.2) is 19.1 Å². The van der Waals surface area contributed by atoms with Gasteiger partial charge in [-0.2, -0.15) is 0 Å². The molecule has 0 radical (unpaired) electrons. The summed E-state index contributed by atoms with van der Waals surface area (Å²) in [6.45, 7) is 8.82. The van der Waals surface area contributed by atoms with E-state index in [2.05, 4.69) is 26.1 Å². The molecule has 0 amide bonds. The van der Waals surface area contributed by atoms with Crippen LogP contribution in [0.25, 0.3) is 0 Å². The molecule has 1 aromatic rings. The largest absolute Gasteiger partial charge is 0.465 e. The first-order chi connectivity index (χ1) is 10.2. The van der Waals surface area contributed by atoms with E-state index >= 15 is 0 Å². The first-order valence-electron chi connectivity index (χ1n) is 7.97. The molecule has 0 spiro atoms. The van der Waals surface area contributed by atoms with Gasteiger partial charge in [0.1, 0.15) is 0 Å². The van der Waals surface area contributed by atoms with Gasteiger partial charge in [-0.05, 0) is 55.2 Å². The molecule has 4 heteroatoms. The number of hydrogen-bond acceptors (Lipinski definition) is 4. The quantitative estimate of drug-likeness (QED) is 0.654. The third-order valence-corrected chi connectivity index (χ3v) is 4.67. The standard InChI is InChI=1S/C18H28N2O2/c1-11-8-13(10-18(3,4)9-11)20-15-7-6-14(17(21)22-5)12(2)16(15)19/h6-7,11,13,20H,8-10,19H2,1-5H3. The fraction of sp³-hybridized carbons (Fsp3) is 0.611. The number of nitrogen functional groups attached to an aromatic ring is 1. The van der Waals surface area contributed by atoms with Crippen molar-refractivity contribution in [3.05, 3.63) is 23.3 Å². The number of esters is 1. The maximum atomic E-state index is 11.7. The highest BCUT2D eigenvalue weighted by Gasteiger charge is 2.32. The predicted molar refractivity (Wildman–Crippen MR) is 91.1 cm³/mol. The van der Waals surface area contributed by atoms with Crippen molar-refractivity contribution in [2.45, 2.75) is 53.0 Å². The summed E-state index contributed by atoms with van der Waals surface area (Å²) >= 11 is 0. The molecule has 3 N–H and O–H groups in total. The number of benzene rings is 1. The Labute approximate surface area is 133 Å². The van der Waals surface area contributed by atoms with E-state index in [-0.39, 0.29) is 5.97 Å². The lowest BCUT2D eigenvalue weighted by atomic mass is 9.70. The molecule has 1 aliphatic carbocycles. The van der Waals surface area contributed by atoms with Gasteiger partial charge in [0, 0.05) is 6.04 Å². The number of nitrogens with one attached hydrogen (secondary N) is 1. The number of methoxy groups -OCH3 is 1. The molecule has 22 heavy (non-hydrogen) atoms. The van der Waals surface area contributed by atoms with Crippen molar-refractivity contribution in [1.82, 2.24) is 0 Å². The fourth-order valence-electron chi connectivity index (χ4n) is 3.86. The maximum Gasteiger partial charge on any atom is 0.338 e. The molecule has 0 heterocycles. The average molecular weight is 304 g/mol. The van der Waals surface area contributed by atoms with Crippen molar-refractivity contribution >= 4 is 17.3 Å². The SMILES string of the molecule is COC(=O)c1ccc(NC2CC(C)CC(C)(C)C2)c(N)c1C. The van der Waals surface area contributed by atoms with Crippen LogP contribution in [0, 0.1) is 18.3 Å². The summed E-state index contributed by atoms with van der Waals surface area (Å²) in [6, 6.07) is 4.10. The monoisotopic (exact) mass is 304 g/mol. The van der Waals surface area contributed by atoms with Crippen LogP contribution in [0.1, 0.15) is 56.0 Å². The molecular weight excluding hydrogens is 276 g/mol. The lowest BCUT2D eigenvalue weighted by Crippen LogP contribution is -2.35. The summed E-state index contributed by atoms with van der Waals surface area (Å²) in [6.07, 6.45) is 3.55. The van der Waals surface area contributed by atoms with Gasteiger partial charge < -0.3 is 15.8 Å². The highest BCUT2D eigenvalue weighted by molar-refractivity contribution is 5.94. The van der Waals surface area contributed by atoms with Gasteiger partial charge in [0.05, 0.1) is 24.0 Å². The summed E-state index contributed by atoms with van der Waals surface area (Å²) in [4.78, 5) is 11.7. The molecule has 2 rings (SSSR count). The van der Waals surface area contributed by atoms with Gasteiger partial charge in [0.15, 0.2) is 0 Å². The molecule has 1 fully saturated rings. The summed E-state index contributed by atoms with van der Waals surface area (Å²) in [5.74, 6) is 0.362. The number of carbonyl (C=O) groups excluding carboxylic acids is 1. The maximum absolute atomic E-state index is 11.7. The van der Waals surface area contributed by atoms with Crippen molar-refractivity contribution in [2.24, 2.45) is 11.3 Å². The van der Waals surface area contributed by atoms with E-state index < -0.39 is 0 Å². The summed E-state index contributed by atoms with van der Waals surface area (Å²) in [5, 5.41) is 3.58. The zero-order valence-electron chi connectivity index (χ0n) is 14.3. The van der Waals surface area contributed by atoms with Crippen LogP contribution in [0.15, 0.2) is 12.1 Å². The highest BCUT2D eigenvalue weighted by atomic mass is 16.5. The van der Waals surface area contributed by atoms with Crippen LogP contribution in [-0.2, 0) is 4.74 Å². The number of carbonyl (C=O) groups is 1.